The Morgan fingerprint density at radius 1 is 1.04 bits per heavy atom. The first-order chi connectivity index (χ1) is 22.3. The van der Waals surface area contributed by atoms with Crippen LogP contribution in [0.3, 0.4) is 0 Å². The van der Waals surface area contributed by atoms with E-state index in [1.807, 2.05) is 4.90 Å². The zero-order chi connectivity index (χ0) is 31.9. The summed E-state index contributed by atoms with van der Waals surface area (Å²) in [6.07, 6.45) is 2.53. The molecule has 1 saturated heterocycles. The van der Waals surface area contributed by atoms with Gasteiger partial charge in [-0.2, -0.15) is 0 Å². The lowest BCUT2D eigenvalue weighted by molar-refractivity contribution is 0.0776. The number of aromatic amines is 1. The number of carbonyl (C=O) groups is 2. The number of benzene rings is 2. The molecule has 2 aliphatic heterocycles. The van der Waals surface area contributed by atoms with Crippen LogP contribution < -0.4 is 15.8 Å². The maximum Gasteiger partial charge on any atom is 0.439 e. The first kappa shape index (κ1) is 29.5. The SMILES string of the molecule is COc1cc(F)cc(CNC(=O)c2ccc(-c3c4c(nc(CCc5ccc(F)cc5)c3-c3noc(=O)[nH]3)[C@@H]3CCCN3C4=O)s2)c1. The smallest absolute Gasteiger partial charge is 0.439 e. The Hall–Kier alpha value is -5.17. The molecule has 0 spiro atoms. The Morgan fingerprint density at radius 3 is 2.63 bits per heavy atom. The van der Waals surface area contributed by atoms with Gasteiger partial charge >= 0.3 is 5.76 Å². The molecule has 5 aromatic rings. The zero-order valence-corrected chi connectivity index (χ0v) is 25.4. The Balaban J connectivity index is 1.30. The second kappa shape index (κ2) is 12.0. The fourth-order valence-electron chi connectivity index (χ4n) is 6.19. The molecule has 2 aliphatic rings. The highest BCUT2D eigenvalue weighted by atomic mass is 32.1. The van der Waals surface area contributed by atoms with Crippen molar-refractivity contribution in [1.29, 1.82) is 0 Å². The van der Waals surface area contributed by atoms with E-state index in [-0.39, 0.29) is 36.0 Å². The van der Waals surface area contributed by atoms with Crippen molar-refractivity contribution >= 4 is 23.2 Å². The van der Waals surface area contributed by atoms with Crippen molar-refractivity contribution in [3.8, 4) is 27.6 Å². The number of fused-ring (bicyclic) bond motifs is 3. The van der Waals surface area contributed by atoms with Gasteiger partial charge in [-0.1, -0.05) is 17.3 Å². The fourth-order valence-corrected chi connectivity index (χ4v) is 7.17. The van der Waals surface area contributed by atoms with Gasteiger partial charge in [-0.3, -0.25) is 24.1 Å². The van der Waals surface area contributed by atoms with Gasteiger partial charge in [0.25, 0.3) is 11.8 Å². The summed E-state index contributed by atoms with van der Waals surface area (Å²) >= 11 is 1.18. The summed E-state index contributed by atoms with van der Waals surface area (Å²) in [7, 11) is 1.44. The standard InChI is InChI=1S/C33H27F2N5O5S/c1-44-21-14-18(13-20(35)15-21)16-36-31(41)25-11-10-24(46-25)27-26(30-38-33(43)45-39-30)22(9-6-17-4-7-19(34)8-5-17)37-29-23-3-2-12-40(23)32(42)28(27)29/h4-5,7-8,10-11,13-15,23H,2-3,6,9,12,16H2,1H3,(H,36,41)(H,38,39,43)/t23-/m0/s1. The first-order valence-corrected chi connectivity index (χ1v) is 15.5. The van der Waals surface area contributed by atoms with Crippen LogP contribution in [0.5, 0.6) is 5.75 Å². The quantitative estimate of drug-likeness (QED) is 0.219. The van der Waals surface area contributed by atoms with E-state index >= 15 is 0 Å². The van der Waals surface area contributed by atoms with Gasteiger partial charge in [0.05, 0.1) is 40.5 Å². The van der Waals surface area contributed by atoms with E-state index in [1.165, 1.54) is 42.7 Å². The summed E-state index contributed by atoms with van der Waals surface area (Å²) in [4.78, 5) is 49.7. The maximum absolute atomic E-state index is 14.0. The number of amides is 2. The Labute approximate surface area is 265 Å². The van der Waals surface area contributed by atoms with Crippen LogP contribution in [-0.4, -0.2) is 45.5 Å². The monoisotopic (exact) mass is 643 g/mol. The summed E-state index contributed by atoms with van der Waals surface area (Å²) < 4.78 is 37.6. The molecule has 5 heterocycles. The largest absolute Gasteiger partial charge is 0.497 e. The number of hydrogen-bond donors (Lipinski definition) is 2. The van der Waals surface area contributed by atoms with Crippen LogP contribution in [0.4, 0.5) is 8.78 Å². The van der Waals surface area contributed by atoms with Crippen LogP contribution in [0.2, 0.25) is 0 Å². The molecule has 2 N–H and O–H groups in total. The van der Waals surface area contributed by atoms with Gasteiger partial charge in [0.2, 0.25) is 0 Å². The number of nitrogens with zero attached hydrogens (tertiary/aromatic N) is 3. The van der Waals surface area contributed by atoms with Crippen molar-refractivity contribution < 1.29 is 27.6 Å². The Kier molecular flexibility index (Phi) is 7.69. The number of H-pyrrole nitrogens is 1. The minimum atomic E-state index is -0.766. The van der Waals surface area contributed by atoms with E-state index in [4.69, 9.17) is 14.2 Å². The minimum Gasteiger partial charge on any atom is -0.497 e. The topological polar surface area (TPSA) is 130 Å². The van der Waals surface area contributed by atoms with E-state index in [9.17, 15) is 23.2 Å². The molecule has 234 valence electrons. The van der Waals surface area contributed by atoms with Crippen LogP contribution in [0, 0.1) is 11.6 Å². The number of hydrogen-bond acceptors (Lipinski definition) is 8. The average Bonchev–Trinajstić information content (AvgIpc) is 3.86. The highest BCUT2D eigenvalue weighted by Gasteiger charge is 2.44. The fraction of sp³-hybridized carbons (Fsp3) is 0.242. The van der Waals surface area contributed by atoms with Gasteiger partial charge < -0.3 is 15.0 Å². The van der Waals surface area contributed by atoms with E-state index in [0.717, 1.165) is 18.4 Å². The molecule has 13 heteroatoms. The van der Waals surface area contributed by atoms with Crippen molar-refractivity contribution in [3.05, 3.63) is 110 Å². The number of ether oxygens (including phenoxy) is 1. The van der Waals surface area contributed by atoms with Crippen molar-refractivity contribution in [3.63, 3.8) is 0 Å². The third-order valence-corrected chi connectivity index (χ3v) is 9.38. The number of halogens is 2. The molecule has 7 rings (SSSR count). The van der Waals surface area contributed by atoms with Crippen LogP contribution in [0.1, 0.15) is 61.4 Å². The summed E-state index contributed by atoms with van der Waals surface area (Å²) in [5.41, 5.74) is 4.01. The summed E-state index contributed by atoms with van der Waals surface area (Å²) in [5.74, 6) is -1.68. The number of thiophene rings is 1. The summed E-state index contributed by atoms with van der Waals surface area (Å²) in [6.45, 7) is 0.669. The average molecular weight is 644 g/mol. The van der Waals surface area contributed by atoms with Gasteiger partial charge in [0.15, 0.2) is 5.82 Å². The van der Waals surface area contributed by atoms with Crippen LogP contribution in [0.25, 0.3) is 21.8 Å². The molecule has 2 aromatic carbocycles. The van der Waals surface area contributed by atoms with Gasteiger partial charge in [0.1, 0.15) is 17.4 Å². The van der Waals surface area contributed by atoms with Crippen molar-refractivity contribution in [2.75, 3.05) is 13.7 Å². The van der Waals surface area contributed by atoms with Gasteiger partial charge in [-0.05, 0) is 73.2 Å². The molecule has 46 heavy (non-hydrogen) atoms. The van der Waals surface area contributed by atoms with E-state index in [1.54, 1.807) is 30.3 Å². The lowest BCUT2D eigenvalue weighted by Crippen LogP contribution is -2.23. The van der Waals surface area contributed by atoms with Crippen LogP contribution in [-0.2, 0) is 19.4 Å². The Bertz CT molecular complexity index is 2040. The molecule has 0 radical (unpaired) electrons. The Morgan fingerprint density at radius 2 is 1.87 bits per heavy atom. The molecule has 1 fully saturated rings. The number of methoxy groups -OCH3 is 1. The normalized spacial score (nSPS) is 15.2. The molecule has 0 unspecified atom stereocenters. The predicted octanol–water partition coefficient (Wildman–Crippen LogP) is 5.45. The van der Waals surface area contributed by atoms with Crippen molar-refractivity contribution in [2.45, 2.75) is 38.3 Å². The molecule has 0 aliphatic carbocycles. The molecule has 0 bridgehead atoms. The van der Waals surface area contributed by atoms with Gasteiger partial charge in [0, 0.05) is 29.6 Å². The lowest BCUT2D eigenvalue weighted by Gasteiger charge is -2.16. The van der Waals surface area contributed by atoms with E-state index in [0.29, 0.717) is 68.5 Å². The number of nitrogens with one attached hydrogen (secondary N) is 2. The van der Waals surface area contributed by atoms with E-state index < -0.39 is 11.6 Å². The maximum atomic E-state index is 14.0. The number of aryl methyl sites for hydroxylation is 2. The first-order valence-electron chi connectivity index (χ1n) is 14.7. The number of carbonyl (C=O) groups excluding carboxylic acids is 2. The molecule has 1 atom stereocenters. The minimum absolute atomic E-state index is 0.0684. The third kappa shape index (κ3) is 5.47. The molecule has 0 saturated carbocycles. The second-order valence-electron chi connectivity index (χ2n) is 11.1. The molecular formula is C33H27F2N5O5S. The molecule has 10 nitrogen and oxygen atoms in total. The number of pyridine rings is 1. The number of rotatable bonds is 9. The molecule has 2 amide bonds. The second-order valence-corrected chi connectivity index (χ2v) is 12.2. The predicted molar refractivity (Wildman–Crippen MR) is 165 cm³/mol. The lowest BCUT2D eigenvalue weighted by atomic mass is 9.93. The van der Waals surface area contributed by atoms with Crippen LogP contribution >= 0.6 is 11.3 Å². The van der Waals surface area contributed by atoms with Crippen molar-refractivity contribution in [1.82, 2.24) is 25.3 Å². The molecular weight excluding hydrogens is 616 g/mol. The van der Waals surface area contributed by atoms with Gasteiger partial charge in [-0.15, -0.1) is 11.3 Å². The zero-order valence-electron chi connectivity index (χ0n) is 24.6. The molecule has 3 aromatic heterocycles. The van der Waals surface area contributed by atoms with Crippen molar-refractivity contribution in [2.24, 2.45) is 0 Å². The summed E-state index contributed by atoms with van der Waals surface area (Å²) in [6, 6.07) is 13.6. The van der Waals surface area contributed by atoms with Crippen LogP contribution in [0.15, 0.2) is 63.9 Å². The summed E-state index contributed by atoms with van der Waals surface area (Å²) in [5, 5.41) is 6.79. The van der Waals surface area contributed by atoms with Gasteiger partial charge in [-0.25, -0.2) is 13.6 Å². The highest BCUT2D eigenvalue weighted by molar-refractivity contribution is 7.17. The third-order valence-electron chi connectivity index (χ3n) is 8.28. The van der Waals surface area contributed by atoms with E-state index in [2.05, 4.69) is 15.5 Å². The number of aromatic nitrogens is 3. The highest BCUT2D eigenvalue weighted by Crippen LogP contribution is 2.48.